The predicted molar refractivity (Wildman–Crippen MR) is 95.8 cm³/mol. The van der Waals surface area contributed by atoms with Gasteiger partial charge < -0.3 is 19.1 Å². The van der Waals surface area contributed by atoms with Crippen molar-refractivity contribution in [1.29, 1.82) is 0 Å². The van der Waals surface area contributed by atoms with Gasteiger partial charge in [-0.05, 0) is 18.6 Å². The van der Waals surface area contributed by atoms with E-state index in [0.717, 1.165) is 58.7 Å². The molecule has 1 atom stereocenters. The molecule has 0 saturated carbocycles. The first kappa shape index (κ1) is 14.8. The molecular weight excluding hydrogens is 338 g/mol. The first-order valence-corrected chi connectivity index (χ1v) is 9.15. The molecule has 1 saturated heterocycles. The summed E-state index contributed by atoms with van der Waals surface area (Å²) in [6.07, 6.45) is 4.62. The van der Waals surface area contributed by atoms with Crippen LogP contribution in [0.25, 0.3) is 10.2 Å². The first-order chi connectivity index (χ1) is 12.3. The van der Waals surface area contributed by atoms with Crippen LogP contribution in [0.1, 0.15) is 6.42 Å². The van der Waals surface area contributed by atoms with Gasteiger partial charge in [0.2, 0.25) is 6.79 Å². The molecule has 1 unspecified atom stereocenters. The Bertz CT molecular complexity index is 858. The van der Waals surface area contributed by atoms with Crippen LogP contribution in [0.4, 0.5) is 5.13 Å². The maximum Gasteiger partial charge on any atom is 0.231 e. The maximum atomic E-state index is 5.87. The van der Waals surface area contributed by atoms with E-state index in [1.54, 1.807) is 23.7 Å². The number of ether oxygens (including phenoxy) is 3. The third-order valence-corrected chi connectivity index (χ3v) is 5.64. The Labute approximate surface area is 149 Å². The predicted octanol–water partition coefficient (Wildman–Crippen LogP) is 3.33. The second-order valence-electron chi connectivity index (χ2n) is 6.26. The summed E-state index contributed by atoms with van der Waals surface area (Å²) in [5.41, 5.74) is 0.973. The molecule has 0 N–H and O–H groups in total. The van der Waals surface area contributed by atoms with Gasteiger partial charge >= 0.3 is 0 Å². The summed E-state index contributed by atoms with van der Waals surface area (Å²) in [4.78, 5) is 11.1. The minimum Gasteiger partial charge on any atom is -0.493 e. The van der Waals surface area contributed by atoms with Gasteiger partial charge in [0.05, 0.1) is 16.8 Å². The number of nitrogens with zero attached hydrogens (tertiary/aromatic N) is 3. The van der Waals surface area contributed by atoms with E-state index in [2.05, 4.69) is 9.88 Å². The lowest BCUT2D eigenvalue weighted by Gasteiger charge is -2.15. The minimum absolute atomic E-state index is 0.296. The van der Waals surface area contributed by atoms with Crippen LogP contribution in [0.15, 0.2) is 36.7 Å². The third-order valence-electron chi connectivity index (χ3n) is 4.56. The van der Waals surface area contributed by atoms with Crippen LogP contribution in [0.2, 0.25) is 0 Å². The van der Waals surface area contributed by atoms with Gasteiger partial charge in [-0.1, -0.05) is 11.3 Å². The summed E-state index contributed by atoms with van der Waals surface area (Å²) in [5.74, 6) is 2.99. The number of aromatic nitrogens is 2. The van der Waals surface area contributed by atoms with Gasteiger partial charge in [0.1, 0.15) is 5.75 Å². The molecule has 25 heavy (non-hydrogen) atoms. The molecule has 2 aliphatic heterocycles. The highest BCUT2D eigenvalue weighted by Crippen LogP contribution is 2.40. The summed E-state index contributed by atoms with van der Waals surface area (Å²) < 4.78 is 17.9. The number of thiazole rings is 1. The van der Waals surface area contributed by atoms with Gasteiger partial charge in [0.15, 0.2) is 16.6 Å². The molecule has 0 bridgehead atoms. The van der Waals surface area contributed by atoms with Crippen LogP contribution in [0, 0.1) is 5.92 Å². The number of benzene rings is 1. The Hall–Kier alpha value is -2.54. The molecule has 5 rings (SSSR count). The van der Waals surface area contributed by atoms with E-state index >= 15 is 0 Å². The molecule has 3 aromatic rings. The van der Waals surface area contributed by atoms with Crippen molar-refractivity contribution in [1.82, 2.24) is 9.97 Å². The molecule has 2 aliphatic rings. The van der Waals surface area contributed by atoms with Gasteiger partial charge in [-0.2, -0.15) is 0 Å². The Morgan fingerprint density at radius 2 is 2.04 bits per heavy atom. The molecule has 4 heterocycles. The summed E-state index contributed by atoms with van der Waals surface area (Å²) in [6, 6.07) is 7.78. The van der Waals surface area contributed by atoms with E-state index < -0.39 is 0 Å². The molecular formula is C18H17N3O3S. The van der Waals surface area contributed by atoms with Crippen molar-refractivity contribution in [2.75, 3.05) is 31.4 Å². The average Bonchev–Trinajstić information content (AvgIpc) is 3.37. The molecule has 0 amide bonds. The lowest BCUT2D eigenvalue weighted by Crippen LogP contribution is -2.21. The highest BCUT2D eigenvalue weighted by molar-refractivity contribution is 7.22. The van der Waals surface area contributed by atoms with Crippen molar-refractivity contribution >= 4 is 26.7 Å². The molecule has 2 aromatic heterocycles. The van der Waals surface area contributed by atoms with E-state index in [1.807, 2.05) is 24.3 Å². The lowest BCUT2D eigenvalue weighted by atomic mass is 10.1. The molecule has 0 aliphatic carbocycles. The van der Waals surface area contributed by atoms with Crippen molar-refractivity contribution in [3.8, 4) is 17.2 Å². The molecule has 128 valence electrons. The maximum absolute atomic E-state index is 5.87. The van der Waals surface area contributed by atoms with Crippen molar-refractivity contribution in [3.63, 3.8) is 0 Å². The fraction of sp³-hybridized carbons (Fsp3) is 0.333. The standard InChI is InChI=1S/C18H17N3O3S/c1-4-19-5-2-13(1)22-10-12-3-6-21(9-12)18-20-14-7-15-16(24-11-23-15)8-17(14)25-18/h1-2,4-5,7-8,12H,3,6,9-11H2. The average molecular weight is 355 g/mol. The number of hydrogen-bond donors (Lipinski definition) is 0. The molecule has 0 spiro atoms. The topological polar surface area (TPSA) is 56.7 Å². The summed E-state index contributed by atoms with van der Waals surface area (Å²) in [7, 11) is 0. The van der Waals surface area contributed by atoms with Gasteiger partial charge in [-0.3, -0.25) is 4.98 Å². The lowest BCUT2D eigenvalue weighted by molar-refractivity contribution is 0.174. The van der Waals surface area contributed by atoms with Crippen LogP contribution < -0.4 is 19.1 Å². The number of pyridine rings is 1. The Balaban J connectivity index is 1.27. The Morgan fingerprint density at radius 1 is 1.20 bits per heavy atom. The second kappa shape index (κ2) is 6.07. The molecule has 0 radical (unpaired) electrons. The monoisotopic (exact) mass is 355 g/mol. The van der Waals surface area contributed by atoms with Crippen LogP contribution in [0.3, 0.4) is 0 Å². The van der Waals surface area contributed by atoms with Crippen molar-refractivity contribution in [3.05, 3.63) is 36.7 Å². The van der Waals surface area contributed by atoms with Gasteiger partial charge in [-0.25, -0.2) is 4.98 Å². The van der Waals surface area contributed by atoms with Crippen LogP contribution >= 0.6 is 11.3 Å². The highest BCUT2D eigenvalue weighted by atomic mass is 32.1. The van der Waals surface area contributed by atoms with E-state index in [0.29, 0.717) is 12.7 Å². The smallest absolute Gasteiger partial charge is 0.231 e. The van der Waals surface area contributed by atoms with Crippen molar-refractivity contribution in [2.45, 2.75) is 6.42 Å². The van der Waals surface area contributed by atoms with Gasteiger partial charge in [0, 0.05) is 43.5 Å². The van der Waals surface area contributed by atoms with E-state index in [1.165, 1.54) is 0 Å². The zero-order valence-corrected chi connectivity index (χ0v) is 14.4. The van der Waals surface area contributed by atoms with E-state index in [4.69, 9.17) is 19.2 Å². The van der Waals surface area contributed by atoms with Gasteiger partial charge in [-0.15, -0.1) is 0 Å². The van der Waals surface area contributed by atoms with Crippen molar-refractivity contribution in [2.24, 2.45) is 5.92 Å². The zero-order chi connectivity index (χ0) is 16.6. The van der Waals surface area contributed by atoms with Crippen LogP contribution in [-0.4, -0.2) is 36.5 Å². The minimum atomic E-state index is 0.296. The van der Waals surface area contributed by atoms with Crippen molar-refractivity contribution < 1.29 is 14.2 Å². The van der Waals surface area contributed by atoms with Crippen LogP contribution in [0.5, 0.6) is 17.2 Å². The normalized spacial score (nSPS) is 18.9. The van der Waals surface area contributed by atoms with Crippen LogP contribution in [-0.2, 0) is 0 Å². The number of rotatable bonds is 4. The molecule has 6 nitrogen and oxygen atoms in total. The quantitative estimate of drug-likeness (QED) is 0.716. The zero-order valence-electron chi connectivity index (χ0n) is 13.6. The highest BCUT2D eigenvalue weighted by Gasteiger charge is 2.26. The Morgan fingerprint density at radius 3 is 2.92 bits per heavy atom. The fourth-order valence-electron chi connectivity index (χ4n) is 3.23. The first-order valence-electron chi connectivity index (χ1n) is 8.33. The van der Waals surface area contributed by atoms with Gasteiger partial charge in [0.25, 0.3) is 0 Å². The van der Waals surface area contributed by atoms with E-state index in [-0.39, 0.29) is 0 Å². The molecule has 1 fully saturated rings. The third kappa shape index (κ3) is 2.84. The second-order valence-corrected chi connectivity index (χ2v) is 7.27. The fourth-order valence-corrected chi connectivity index (χ4v) is 4.24. The number of fused-ring (bicyclic) bond motifs is 2. The SMILES string of the molecule is c1cc(OCC2CCN(c3nc4cc5c(cc4s3)OCO5)C2)ccn1. The largest absolute Gasteiger partial charge is 0.493 e. The Kier molecular flexibility index (Phi) is 3.59. The number of hydrogen-bond acceptors (Lipinski definition) is 7. The summed E-state index contributed by atoms with van der Waals surface area (Å²) >= 11 is 1.71. The summed E-state index contributed by atoms with van der Waals surface area (Å²) in [6.45, 7) is 3.00. The molecule has 1 aromatic carbocycles. The summed E-state index contributed by atoms with van der Waals surface area (Å²) in [5, 5.41) is 1.06. The number of anilines is 1. The van der Waals surface area contributed by atoms with E-state index in [9.17, 15) is 0 Å². The molecule has 7 heteroatoms.